The van der Waals surface area contributed by atoms with Gasteiger partial charge in [-0.15, -0.1) is 0 Å². The topological polar surface area (TPSA) is 143 Å². The highest BCUT2D eigenvalue weighted by atomic mass is 32.2. The van der Waals surface area contributed by atoms with E-state index in [0.29, 0.717) is 57.9 Å². The first-order valence-corrected chi connectivity index (χ1v) is 20.2. The third-order valence-corrected chi connectivity index (χ3v) is 12.4. The van der Waals surface area contributed by atoms with Crippen LogP contribution in [-0.4, -0.2) is 76.4 Å². The molecule has 15 heteroatoms. The maximum absolute atomic E-state index is 15.1. The SMILES string of the molecule is COc1ccc(CN(c2noc3cc(Nc4cc(C5CC5)n(C5CCCCO5)n4)c(OC)cc23)S(=O)(=O)c2c(OC)cc(CN3CC(C)C3)cc2OC)cc1. The zero-order valence-corrected chi connectivity index (χ0v) is 32.7. The Bertz CT molecular complexity index is 2230. The number of rotatable bonds is 15. The van der Waals surface area contributed by atoms with Gasteiger partial charge in [-0.2, -0.15) is 5.10 Å². The Labute approximate surface area is 321 Å². The smallest absolute Gasteiger partial charge is 0.273 e. The van der Waals surface area contributed by atoms with Gasteiger partial charge in [-0.25, -0.2) is 17.4 Å². The highest BCUT2D eigenvalue weighted by Gasteiger charge is 2.37. The molecule has 3 fully saturated rings. The molecule has 2 aromatic heterocycles. The Morgan fingerprint density at radius 3 is 2.22 bits per heavy atom. The molecule has 1 atom stereocenters. The van der Waals surface area contributed by atoms with Gasteiger partial charge < -0.3 is 33.5 Å². The van der Waals surface area contributed by atoms with Crippen molar-refractivity contribution in [2.75, 3.05) is 57.8 Å². The quantitative estimate of drug-likeness (QED) is 0.115. The lowest BCUT2D eigenvalue weighted by molar-refractivity contribution is -0.0409. The van der Waals surface area contributed by atoms with E-state index in [-0.39, 0.29) is 35.0 Å². The number of nitrogens with zero attached hydrogens (tertiary/aromatic N) is 5. The number of nitrogens with one attached hydrogen (secondary N) is 1. The van der Waals surface area contributed by atoms with Crippen molar-refractivity contribution in [3.05, 3.63) is 71.4 Å². The van der Waals surface area contributed by atoms with Crippen LogP contribution in [0.5, 0.6) is 23.0 Å². The molecule has 292 valence electrons. The molecule has 2 saturated heterocycles. The van der Waals surface area contributed by atoms with Crippen LogP contribution in [0.1, 0.15) is 68.0 Å². The minimum absolute atomic E-state index is 0.0770. The van der Waals surface area contributed by atoms with Gasteiger partial charge in [0.05, 0.1) is 46.1 Å². The van der Waals surface area contributed by atoms with E-state index < -0.39 is 10.0 Å². The van der Waals surface area contributed by atoms with E-state index in [0.717, 1.165) is 63.1 Å². The highest BCUT2D eigenvalue weighted by molar-refractivity contribution is 7.93. The number of benzene rings is 3. The molecule has 1 N–H and O–H groups in total. The lowest BCUT2D eigenvalue weighted by atomic mass is 10.0. The second-order valence-corrected chi connectivity index (χ2v) is 16.5. The van der Waals surface area contributed by atoms with Crippen LogP contribution in [0.15, 0.2) is 64.0 Å². The van der Waals surface area contributed by atoms with E-state index in [1.54, 1.807) is 50.6 Å². The van der Waals surface area contributed by atoms with Gasteiger partial charge in [0.15, 0.2) is 28.3 Å². The van der Waals surface area contributed by atoms with Gasteiger partial charge >= 0.3 is 0 Å². The van der Waals surface area contributed by atoms with Gasteiger partial charge in [-0.1, -0.05) is 24.2 Å². The van der Waals surface area contributed by atoms with Crippen molar-refractivity contribution in [3.8, 4) is 23.0 Å². The number of hydrogen-bond donors (Lipinski definition) is 1. The summed E-state index contributed by atoms with van der Waals surface area (Å²) in [7, 11) is 1.64. The van der Waals surface area contributed by atoms with Crippen LogP contribution >= 0.6 is 0 Å². The Hall–Kier alpha value is -4.99. The zero-order chi connectivity index (χ0) is 38.3. The van der Waals surface area contributed by atoms with Gasteiger partial charge in [0.1, 0.15) is 23.0 Å². The largest absolute Gasteiger partial charge is 0.497 e. The number of methoxy groups -OCH3 is 4. The first-order chi connectivity index (χ1) is 26.7. The molecular formula is C40H48N6O8S. The molecule has 14 nitrogen and oxygen atoms in total. The minimum atomic E-state index is -4.42. The number of hydrogen-bond acceptors (Lipinski definition) is 12. The summed E-state index contributed by atoms with van der Waals surface area (Å²) in [6.07, 6.45) is 5.25. The summed E-state index contributed by atoms with van der Waals surface area (Å²) in [6.45, 7) is 5.44. The van der Waals surface area contributed by atoms with E-state index in [9.17, 15) is 0 Å². The monoisotopic (exact) mass is 772 g/mol. The number of sulfonamides is 1. The Morgan fingerprint density at radius 1 is 0.873 bits per heavy atom. The van der Waals surface area contributed by atoms with Gasteiger partial charge in [-0.3, -0.25) is 4.90 Å². The van der Waals surface area contributed by atoms with Crippen molar-refractivity contribution >= 4 is 38.3 Å². The van der Waals surface area contributed by atoms with Crippen LogP contribution in [0.25, 0.3) is 11.0 Å². The molecule has 0 radical (unpaired) electrons. The first kappa shape index (κ1) is 37.0. The lowest BCUT2D eigenvalue weighted by Crippen LogP contribution is -2.44. The van der Waals surface area contributed by atoms with Gasteiger partial charge in [-0.05, 0) is 79.5 Å². The summed E-state index contributed by atoms with van der Waals surface area (Å²) in [6, 6.07) is 16.3. The third-order valence-electron chi connectivity index (χ3n) is 10.6. The predicted molar refractivity (Wildman–Crippen MR) is 207 cm³/mol. The maximum Gasteiger partial charge on any atom is 0.273 e. The standard InChI is InChI=1S/C40H48N6O8S/c1-25-21-44(22-25)23-27-16-35(51-4)39(36(17-27)52-5)55(47,48)45(24-26-9-13-29(49-2)14-10-26)40-30-18-34(50-3)31(19-33(30)54-43-40)41-37-20-32(28-11-12-28)46(42-37)38-8-6-7-15-53-38/h9-10,13-14,16-20,25,28,38H,6-8,11-12,15,21-24H2,1-5H3,(H,41,42). The molecule has 0 spiro atoms. The molecule has 55 heavy (non-hydrogen) atoms. The van der Waals surface area contributed by atoms with Crippen LogP contribution in [0.2, 0.25) is 0 Å². The van der Waals surface area contributed by atoms with Crippen LogP contribution in [-0.2, 0) is 27.8 Å². The van der Waals surface area contributed by atoms with Crippen LogP contribution in [0.4, 0.5) is 17.3 Å². The Kier molecular flexibility index (Phi) is 10.3. The van der Waals surface area contributed by atoms with Gasteiger partial charge in [0.2, 0.25) is 0 Å². The molecule has 0 amide bonds. The molecule has 5 aromatic rings. The number of aromatic nitrogens is 3. The summed E-state index contributed by atoms with van der Waals surface area (Å²) < 4.78 is 68.2. The summed E-state index contributed by atoms with van der Waals surface area (Å²) >= 11 is 0. The second kappa shape index (κ2) is 15.3. The molecule has 4 heterocycles. The first-order valence-electron chi connectivity index (χ1n) is 18.8. The minimum Gasteiger partial charge on any atom is -0.497 e. The zero-order valence-electron chi connectivity index (χ0n) is 31.9. The van der Waals surface area contributed by atoms with Crippen molar-refractivity contribution in [3.63, 3.8) is 0 Å². The number of anilines is 3. The molecule has 0 bridgehead atoms. The van der Waals surface area contributed by atoms with Crippen molar-refractivity contribution in [2.24, 2.45) is 5.92 Å². The molecule has 8 rings (SSSR count). The normalized spacial score (nSPS) is 17.9. The highest BCUT2D eigenvalue weighted by Crippen LogP contribution is 2.45. The molecule has 3 aliphatic rings. The molecular weight excluding hydrogens is 725 g/mol. The fraction of sp³-hybridized carbons (Fsp3) is 0.450. The molecule has 3 aromatic carbocycles. The molecule has 1 aliphatic carbocycles. The maximum atomic E-state index is 15.1. The van der Waals surface area contributed by atoms with E-state index >= 15 is 8.42 Å². The fourth-order valence-corrected chi connectivity index (χ4v) is 9.30. The third kappa shape index (κ3) is 7.40. The predicted octanol–water partition coefficient (Wildman–Crippen LogP) is 7.23. The molecule has 1 unspecified atom stereocenters. The van der Waals surface area contributed by atoms with Crippen LogP contribution in [0.3, 0.4) is 0 Å². The average molecular weight is 773 g/mol. The van der Waals surface area contributed by atoms with Gasteiger partial charge in [0, 0.05) is 50.0 Å². The van der Waals surface area contributed by atoms with E-state index in [1.165, 1.54) is 18.5 Å². The average Bonchev–Trinajstić information content (AvgIpc) is 3.83. The lowest BCUT2D eigenvalue weighted by Gasteiger charge is -2.37. The molecule has 2 aliphatic heterocycles. The second-order valence-electron chi connectivity index (χ2n) is 14.7. The summed E-state index contributed by atoms with van der Waals surface area (Å²) in [5.74, 6) is 3.26. The van der Waals surface area contributed by atoms with E-state index in [2.05, 4.69) is 28.4 Å². The van der Waals surface area contributed by atoms with Crippen molar-refractivity contribution in [1.82, 2.24) is 19.8 Å². The van der Waals surface area contributed by atoms with Crippen molar-refractivity contribution in [1.29, 1.82) is 0 Å². The van der Waals surface area contributed by atoms with Gasteiger partial charge in [0.25, 0.3) is 10.0 Å². The van der Waals surface area contributed by atoms with Crippen LogP contribution < -0.4 is 28.6 Å². The number of fused-ring (bicyclic) bond motifs is 1. The van der Waals surface area contributed by atoms with Crippen molar-refractivity contribution in [2.45, 2.75) is 69.2 Å². The van der Waals surface area contributed by atoms with E-state index in [1.807, 2.05) is 16.8 Å². The number of ether oxygens (including phenoxy) is 5. The Morgan fingerprint density at radius 2 is 1.60 bits per heavy atom. The number of likely N-dealkylation sites (tertiary alicyclic amines) is 1. The molecule has 1 saturated carbocycles. The van der Waals surface area contributed by atoms with Crippen LogP contribution in [0, 0.1) is 5.92 Å². The fourth-order valence-electron chi connectivity index (χ4n) is 7.61. The summed E-state index contributed by atoms with van der Waals surface area (Å²) in [5, 5.41) is 13.2. The summed E-state index contributed by atoms with van der Waals surface area (Å²) in [4.78, 5) is 2.18. The Balaban J connectivity index is 1.18. The van der Waals surface area contributed by atoms with Crippen molar-refractivity contribution < 1.29 is 36.6 Å². The summed E-state index contributed by atoms with van der Waals surface area (Å²) in [5.41, 5.74) is 3.68. The van der Waals surface area contributed by atoms with E-state index in [4.69, 9.17) is 33.3 Å².